The predicted octanol–water partition coefficient (Wildman–Crippen LogP) is 2.23. The van der Waals surface area contributed by atoms with Crippen LogP contribution in [0.3, 0.4) is 0 Å². The molecule has 0 bridgehead atoms. The SMILES string of the molecule is C=CC(=O)OC(C(=O)O)=C(C)c1ccccc1. The van der Waals surface area contributed by atoms with E-state index in [4.69, 9.17) is 9.84 Å². The Morgan fingerprint density at radius 3 is 2.35 bits per heavy atom. The molecule has 0 unspecified atom stereocenters. The molecule has 0 amide bonds. The zero-order valence-electron chi connectivity index (χ0n) is 9.34. The maximum atomic E-state index is 11.0. The van der Waals surface area contributed by atoms with E-state index in [0.717, 1.165) is 6.08 Å². The van der Waals surface area contributed by atoms with Crippen molar-refractivity contribution in [3.63, 3.8) is 0 Å². The minimum atomic E-state index is -1.29. The molecule has 0 aliphatic heterocycles. The quantitative estimate of drug-likeness (QED) is 0.491. The molecule has 1 aromatic rings. The van der Waals surface area contributed by atoms with E-state index in [9.17, 15) is 9.59 Å². The van der Waals surface area contributed by atoms with Crippen molar-refractivity contribution < 1.29 is 19.4 Å². The highest BCUT2D eigenvalue weighted by molar-refractivity contribution is 5.97. The van der Waals surface area contributed by atoms with Gasteiger partial charge in [0.2, 0.25) is 5.76 Å². The monoisotopic (exact) mass is 232 g/mol. The van der Waals surface area contributed by atoms with Gasteiger partial charge < -0.3 is 9.84 Å². The van der Waals surface area contributed by atoms with Gasteiger partial charge in [-0.2, -0.15) is 0 Å². The second-order valence-electron chi connectivity index (χ2n) is 3.25. The lowest BCUT2D eigenvalue weighted by Crippen LogP contribution is -2.11. The number of carbonyl (C=O) groups excluding carboxylic acids is 1. The third-order valence-corrected chi connectivity index (χ3v) is 2.11. The molecule has 0 spiro atoms. The number of allylic oxidation sites excluding steroid dienone is 1. The summed E-state index contributed by atoms with van der Waals surface area (Å²) in [5.41, 5.74) is 1.06. The molecule has 0 saturated carbocycles. The van der Waals surface area contributed by atoms with Gasteiger partial charge in [0.15, 0.2) is 0 Å². The number of benzene rings is 1. The summed E-state index contributed by atoms with van der Waals surface area (Å²) in [7, 11) is 0. The predicted molar refractivity (Wildman–Crippen MR) is 63.0 cm³/mol. The highest BCUT2D eigenvalue weighted by Crippen LogP contribution is 2.19. The first kappa shape index (κ1) is 12.7. The lowest BCUT2D eigenvalue weighted by atomic mass is 10.1. The number of carboxylic acid groups (broad SMARTS) is 1. The van der Waals surface area contributed by atoms with Gasteiger partial charge in [0.25, 0.3) is 0 Å². The van der Waals surface area contributed by atoms with E-state index in [-0.39, 0.29) is 5.76 Å². The molecule has 1 aromatic carbocycles. The summed E-state index contributed by atoms with van der Waals surface area (Å²) < 4.78 is 4.70. The summed E-state index contributed by atoms with van der Waals surface area (Å²) in [5.74, 6) is -2.47. The largest absolute Gasteiger partial charge is 0.475 e. The van der Waals surface area contributed by atoms with Crippen LogP contribution in [-0.4, -0.2) is 17.0 Å². The molecule has 0 fully saturated rings. The van der Waals surface area contributed by atoms with Crippen molar-refractivity contribution >= 4 is 17.5 Å². The molecule has 0 radical (unpaired) electrons. The van der Waals surface area contributed by atoms with Crippen molar-refractivity contribution in [3.05, 3.63) is 54.3 Å². The molecule has 1 N–H and O–H groups in total. The summed E-state index contributed by atoms with van der Waals surface area (Å²) in [6.07, 6.45) is 0.918. The van der Waals surface area contributed by atoms with Crippen LogP contribution in [0, 0.1) is 0 Å². The van der Waals surface area contributed by atoms with Crippen LogP contribution in [0.1, 0.15) is 12.5 Å². The van der Waals surface area contributed by atoms with E-state index in [2.05, 4.69) is 6.58 Å². The molecule has 0 aromatic heterocycles. The van der Waals surface area contributed by atoms with Crippen LogP contribution >= 0.6 is 0 Å². The number of ether oxygens (including phenoxy) is 1. The molecule has 0 aliphatic rings. The Balaban J connectivity index is 3.16. The van der Waals surface area contributed by atoms with Crippen LogP contribution in [0.4, 0.5) is 0 Å². The number of hydrogen-bond donors (Lipinski definition) is 1. The Kier molecular flexibility index (Phi) is 4.22. The second kappa shape index (κ2) is 5.65. The van der Waals surface area contributed by atoms with E-state index in [1.807, 2.05) is 6.07 Å². The molecule has 0 atom stereocenters. The van der Waals surface area contributed by atoms with Crippen LogP contribution < -0.4 is 0 Å². The lowest BCUT2D eigenvalue weighted by Gasteiger charge is -2.07. The van der Waals surface area contributed by atoms with E-state index < -0.39 is 11.9 Å². The Hall–Kier alpha value is -2.36. The van der Waals surface area contributed by atoms with Crippen molar-refractivity contribution in [2.75, 3.05) is 0 Å². The van der Waals surface area contributed by atoms with Crippen molar-refractivity contribution in [3.8, 4) is 0 Å². The molecule has 17 heavy (non-hydrogen) atoms. The Morgan fingerprint density at radius 1 is 1.29 bits per heavy atom. The molecule has 0 heterocycles. The first-order valence-corrected chi connectivity index (χ1v) is 4.90. The third-order valence-electron chi connectivity index (χ3n) is 2.11. The minimum absolute atomic E-state index is 0.383. The van der Waals surface area contributed by atoms with Gasteiger partial charge in [-0.15, -0.1) is 0 Å². The van der Waals surface area contributed by atoms with Crippen LogP contribution in [0.15, 0.2) is 48.7 Å². The highest BCUT2D eigenvalue weighted by Gasteiger charge is 2.17. The summed E-state index contributed by atoms with van der Waals surface area (Å²) in [6, 6.07) is 8.83. The normalized spacial score (nSPS) is 11.4. The highest BCUT2D eigenvalue weighted by atomic mass is 16.6. The average Bonchev–Trinajstić information content (AvgIpc) is 2.35. The van der Waals surface area contributed by atoms with Crippen LogP contribution in [0.5, 0.6) is 0 Å². The lowest BCUT2D eigenvalue weighted by molar-refractivity contribution is -0.144. The van der Waals surface area contributed by atoms with Crippen molar-refractivity contribution in [1.82, 2.24) is 0 Å². The van der Waals surface area contributed by atoms with Gasteiger partial charge in [0.05, 0.1) is 0 Å². The number of hydrogen-bond acceptors (Lipinski definition) is 3. The maximum absolute atomic E-state index is 11.0. The zero-order chi connectivity index (χ0) is 12.8. The molecular weight excluding hydrogens is 220 g/mol. The Bertz CT molecular complexity index is 471. The van der Waals surface area contributed by atoms with E-state index in [1.54, 1.807) is 31.2 Å². The molecule has 4 nitrogen and oxygen atoms in total. The van der Waals surface area contributed by atoms with Gasteiger partial charge in [-0.1, -0.05) is 36.9 Å². The van der Waals surface area contributed by atoms with Crippen LogP contribution in [0.2, 0.25) is 0 Å². The zero-order valence-corrected chi connectivity index (χ0v) is 9.34. The number of aliphatic carboxylic acids is 1. The topological polar surface area (TPSA) is 63.6 Å². The average molecular weight is 232 g/mol. The van der Waals surface area contributed by atoms with Crippen LogP contribution in [-0.2, 0) is 14.3 Å². The molecule has 88 valence electrons. The maximum Gasteiger partial charge on any atom is 0.372 e. The summed E-state index contributed by atoms with van der Waals surface area (Å²) in [6.45, 7) is 4.79. The standard InChI is InChI=1S/C13H12O4/c1-3-11(14)17-12(13(15)16)9(2)10-7-5-4-6-8-10/h3-8H,1H2,2H3,(H,15,16). The van der Waals surface area contributed by atoms with Gasteiger partial charge in [-0.25, -0.2) is 9.59 Å². The van der Waals surface area contributed by atoms with Crippen LogP contribution in [0.25, 0.3) is 5.57 Å². The Labute approximate surface area is 98.8 Å². The van der Waals surface area contributed by atoms with Crippen molar-refractivity contribution in [1.29, 1.82) is 0 Å². The van der Waals surface area contributed by atoms with Gasteiger partial charge in [0, 0.05) is 11.6 Å². The van der Waals surface area contributed by atoms with Crippen molar-refractivity contribution in [2.24, 2.45) is 0 Å². The second-order valence-corrected chi connectivity index (χ2v) is 3.25. The summed E-state index contributed by atoms with van der Waals surface area (Å²) in [4.78, 5) is 22.0. The van der Waals surface area contributed by atoms with Gasteiger partial charge in [0.1, 0.15) is 0 Å². The smallest absolute Gasteiger partial charge is 0.372 e. The number of rotatable bonds is 4. The van der Waals surface area contributed by atoms with Gasteiger partial charge >= 0.3 is 11.9 Å². The van der Waals surface area contributed by atoms with E-state index in [0.29, 0.717) is 11.1 Å². The number of carboxylic acids is 1. The number of carbonyl (C=O) groups is 2. The molecule has 1 rings (SSSR count). The Morgan fingerprint density at radius 2 is 1.88 bits per heavy atom. The fraction of sp³-hybridized carbons (Fsp3) is 0.0769. The molecule has 0 aliphatic carbocycles. The fourth-order valence-corrected chi connectivity index (χ4v) is 1.24. The molecule has 4 heteroatoms. The third kappa shape index (κ3) is 3.31. The fourth-order valence-electron chi connectivity index (χ4n) is 1.24. The first-order valence-electron chi connectivity index (χ1n) is 4.90. The summed E-state index contributed by atoms with van der Waals surface area (Å²) >= 11 is 0. The molecule has 0 saturated heterocycles. The van der Waals surface area contributed by atoms with Gasteiger partial charge in [-0.3, -0.25) is 0 Å². The van der Waals surface area contributed by atoms with Gasteiger partial charge in [-0.05, 0) is 12.5 Å². The van der Waals surface area contributed by atoms with E-state index in [1.165, 1.54) is 0 Å². The summed E-state index contributed by atoms with van der Waals surface area (Å²) in [5, 5.41) is 8.98. The minimum Gasteiger partial charge on any atom is -0.475 e. The number of esters is 1. The molecular formula is C13H12O4. The van der Waals surface area contributed by atoms with Crippen molar-refractivity contribution in [2.45, 2.75) is 6.92 Å². The van der Waals surface area contributed by atoms with E-state index >= 15 is 0 Å². The first-order chi connectivity index (χ1) is 8.06.